The second-order valence-electron chi connectivity index (χ2n) is 5.49. The molecular formula is C12H21NO. The average Bonchev–Trinajstić information content (AvgIpc) is 2.80. The van der Waals surface area contributed by atoms with Crippen molar-refractivity contribution in [2.75, 3.05) is 6.54 Å². The van der Waals surface area contributed by atoms with Gasteiger partial charge in [0.15, 0.2) is 0 Å². The van der Waals surface area contributed by atoms with E-state index in [1.54, 1.807) is 0 Å². The number of hydrogen-bond acceptors (Lipinski definition) is 2. The molecule has 0 spiro atoms. The first-order chi connectivity index (χ1) is 6.83. The number of aliphatic hydroxyl groups is 1. The summed E-state index contributed by atoms with van der Waals surface area (Å²) in [4.78, 5) is 2.76. The lowest BCUT2D eigenvalue weighted by molar-refractivity contribution is 0.0590. The van der Waals surface area contributed by atoms with E-state index in [4.69, 9.17) is 0 Å². The molecule has 1 saturated heterocycles. The summed E-state index contributed by atoms with van der Waals surface area (Å²) in [7, 11) is 0. The summed E-state index contributed by atoms with van der Waals surface area (Å²) in [6.45, 7) is 1.37. The molecule has 1 heterocycles. The molecule has 80 valence electrons. The summed E-state index contributed by atoms with van der Waals surface area (Å²) in [6.07, 6.45) is 8.97. The van der Waals surface area contributed by atoms with Gasteiger partial charge >= 0.3 is 0 Å². The maximum atomic E-state index is 9.48. The molecule has 0 radical (unpaired) electrons. The molecule has 2 unspecified atom stereocenters. The Balaban J connectivity index is 1.61. The Morgan fingerprint density at radius 3 is 2.14 bits per heavy atom. The van der Waals surface area contributed by atoms with E-state index in [1.165, 1.54) is 38.6 Å². The fourth-order valence-corrected chi connectivity index (χ4v) is 3.80. The molecule has 0 aromatic rings. The van der Waals surface area contributed by atoms with Gasteiger partial charge in [0.05, 0.1) is 6.10 Å². The van der Waals surface area contributed by atoms with Gasteiger partial charge in [0.2, 0.25) is 0 Å². The zero-order chi connectivity index (χ0) is 9.54. The largest absolute Gasteiger partial charge is 0.393 e. The van der Waals surface area contributed by atoms with Crippen LogP contribution in [0.25, 0.3) is 0 Å². The molecule has 2 heteroatoms. The van der Waals surface area contributed by atoms with Crippen molar-refractivity contribution in [2.24, 2.45) is 5.92 Å². The number of hydrogen-bond donors (Lipinski definition) is 1. The van der Waals surface area contributed by atoms with E-state index < -0.39 is 0 Å². The zero-order valence-corrected chi connectivity index (χ0v) is 8.86. The maximum absolute atomic E-state index is 9.48. The molecule has 2 nitrogen and oxygen atoms in total. The van der Waals surface area contributed by atoms with Crippen LogP contribution in [0.1, 0.15) is 44.9 Å². The van der Waals surface area contributed by atoms with Gasteiger partial charge in [-0.05, 0) is 50.9 Å². The highest BCUT2D eigenvalue weighted by atomic mass is 16.3. The molecule has 2 atom stereocenters. The molecule has 2 aliphatic carbocycles. The number of nitrogens with zero attached hydrogens (tertiary/aromatic N) is 1. The van der Waals surface area contributed by atoms with Gasteiger partial charge in [-0.3, -0.25) is 4.90 Å². The van der Waals surface area contributed by atoms with Gasteiger partial charge in [-0.25, -0.2) is 0 Å². The minimum Gasteiger partial charge on any atom is -0.393 e. The van der Waals surface area contributed by atoms with Crippen molar-refractivity contribution in [1.29, 1.82) is 0 Å². The molecule has 3 rings (SSSR count). The van der Waals surface area contributed by atoms with Gasteiger partial charge in [0, 0.05) is 18.6 Å². The Hall–Kier alpha value is -0.0800. The number of fused-ring (bicyclic) bond motifs is 2. The van der Waals surface area contributed by atoms with Crippen LogP contribution < -0.4 is 0 Å². The maximum Gasteiger partial charge on any atom is 0.0541 e. The monoisotopic (exact) mass is 195 g/mol. The topological polar surface area (TPSA) is 23.5 Å². The average molecular weight is 195 g/mol. The van der Waals surface area contributed by atoms with E-state index in [2.05, 4.69) is 4.90 Å². The number of likely N-dealkylation sites (tertiary alicyclic amines) is 1. The van der Waals surface area contributed by atoms with Crippen LogP contribution in [0.15, 0.2) is 0 Å². The lowest BCUT2D eigenvalue weighted by atomic mass is 9.91. The van der Waals surface area contributed by atoms with Crippen LogP contribution in [0.3, 0.4) is 0 Å². The lowest BCUT2D eigenvalue weighted by Crippen LogP contribution is -2.43. The highest BCUT2D eigenvalue weighted by molar-refractivity contribution is 4.96. The molecule has 0 amide bonds. The van der Waals surface area contributed by atoms with Crippen molar-refractivity contribution in [3.63, 3.8) is 0 Å². The van der Waals surface area contributed by atoms with E-state index in [0.29, 0.717) is 0 Å². The second kappa shape index (κ2) is 3.49. The summed E-state index contributed by atoms with van der Waals surface area (Å²) in [6, 6.07) is 1.73. The molecule has 14 heavy (non-hydrogen) atoms. The number of piperidine rings is 1. The van der Waals surface area contributed by atoms with Crippen molar-refractivity contribution < 1.29 is 5.11 Å². The summed E-state index contributed by atoms with van der Waals surface area (Å²) >= 11 is 0. The highest BCUT2D eigenvalue weighted by Crippen LogP contribution is 2.40. The summed E-state index contributed by atoms with van der Waals surface area (Å²) in [5, 5.41) is 9.48. The van der Waals surface area contributed by atoms with Gasteiger partial charge in [-0.15, -0.1) is 0 Å². The minimum atomic E-state index is 0.00559. The van der Waals surface area contributed by atoms with E-state index >= 15 is 0 Å². The summed E-state index contributed by atoms with van der Waals surface area (Å²) < 4.78 is 0. The predicted octanol–water partition coefficient (Wildman–Crippen LogP) is 1.77. The SMILES string of the molecule is OC1CCC(N2CC3CCC2C3)CC1. The fourth-order valence-electron chi connectivity index (χ4n) is 3.80. The van der Waals surface area contributed by atoms with Crippen molar-refractivity contribution in [1.82, 2.24) is 4.90 Å². The Morgan fingerprint density at radius 2 is 1.57 bits per heavy atom. The summed E-state index contributed by atoms with van der Waals surface area (Å²) in [5.41, 5.74) is 0. The smallest absolute Gasteiger partial charge is 0.0541 e. The zero-order valence-electron chi connectivity index (χ0n) is 8.86. The van der Waals surface area contributed by atoms with Gasteiger partial charge in [0.1, 0.15) is 0 Å². The van der Waals surface area contributed by atoms with E-state index in [1.807, 2.05) is 0 Å². The van der Waals surface area contributed by atoms with Crippen molar-refractivity contribution in [3.05, 3.63) is 0 Å². The quantitative estimate of drug-likeness (QED) is 0.689. The molecule has 0 aromatic heterocycles. The normalized spacial score (nSPS) is 48.6. The van der Waals surface area contributed by atoms with Crippen molar-refractivity contribution in [2.45, 2.75) is 63.1 Å². The van der Waals surface area contributed by atoms with Crippen molar-refractivity contribution in [3.8, 4) is 0 Å². The minimum absolute atomic E-state index is 0.00559. The Kier molecular flexibility index (Phi) is 2.29. The first-order valence-corrected chi connectivity index (χ1v) is 6.27. The third-order valence-electron chi connectivity index (χ3n) is 4.59. The molecule has 2 bridgehead atoms. The third-order valence-corrected chi connectivity index (χ3v) is 4.59. The Labute approximate surface area is 86.3 Å². The van der Waals surface area contributed by atoms with Crippen molar-refractivity contribution >= 4 is 0 Å². The van der Waals surface area contributed by atoms with Crippen LogP contribution in [0.5, 0.6) is 0 Å². The van der Waals surface area contributed by atoms with Crippen LogP contribution in [0.2, 0.25) is 0 Å². The molecule has 2 saturated carbocycles. The van der Waals surface area contributed by atoms with Gasteiger partial charge in [-0.1, -0.05) is 0 Å². The predicted molar refractivity (Wildman–Crippen MR) is 56.1 cm³/mol. The molecule has 1 aliphatic heterocycles. The van der Waals surface area contributed by atoms with Crippen LogP contribution in [-0.4, -0.2) is 34.7 Å². The molecule has 3 fully saturated rings. The number of rotatable bonds is 1. The highest BCUT2D eigenvalue weighted by Gasteiger charge is 2.41. The van der Waals surface area contributed by atoms with E-state index in [9.17, 15) is 5.11 Å². The second-order valence-corrected chi connectivity index (χ2v) is 5.49. The molecular weight excluding hydrogens is 174 g/mol. The van der Waals surface area contributed by atoms with Gasteiger partial charge in [0.25, 0.3) is 0 Å². The Bertz CT molecular complexity index is 210. The van der Waals surface area contributed by atoms with Crippen LogP contribution in [-0.2, 0) is 0 Å². The third kappa shape index (κ3) is 1.49. The lowest BCUT2D eigenvalue weighted by Gasteiger charge is -2.38. The van der Waals surface area contributed by atoms with Crippen LogP contribution >= 0.6 is 0 Å². The van der Waals surface area contributed by atoms with E-state index in [-0.39, 0.29) is 6.10 Å². The molecule has 3 aliphatic rings. The van der Waals surface area contributed by atoms with E-state index in [0.717, 1.165) is 30.8 Å². The first kappa shape index (κ1) is 9.17. The first-order valence-electron chi connectivity index (χ1n) is 6.27. The van der Waals surface area contributed by atoms with Crippen LogP contribution in [0, 0.1) is 5.92 Å². The van der Waals surface area contributed by atoms with Gasteiger partial charge in [-0.2, -0.15) is 0 Å². The Morgan fingerprint density at radius 1 is 0.857 bits per heavy atom. The molecule has 1 N–H and O–H groups in total. The number of aliphatic hydroxyl groups excluding tert-OH is 1. The van der Waals surface area contributed by atoms with Crippen LogP contribution in [0.4, 0.5) is 0 Å². The summed E-state index contributed by atoms with van der Waals surface area (Å²) in [5.74, 6) is 1.02. The standard InChI is InChI=1S/C12H21NO/c14-12-5-3-10(4-6-12)13-8-9-1-2-11(13)7-9/h9-12,14H,1-8H2. The fraction of sp³-hybridized carbons (Fsp3) is 1.00. The molecule has 0 aromatic carbocycles. The van der Waals surface area contributed by atoms with Gasteiger partial charge < -0.3 is 5.11 Å².